The Morgan fingerprint density at radius 1 is 1.34 bits per heavy atom. The van der Waals surface area contributed by atoms with E-state index in [-0.39, 0.29) is 29.3 Å². The van der Waals surface area contributed by atoms with E-state index >= 15 is 0 Å². The summed E-state index contributed by atoms with van der Waals surface area (Å²) >= 11 is 6.02. The highest BCUT2D eigenvalue weighted by molar-refractivity contribution is 6.31. The largest absolute Gasteiger partial charge is 0.466 e. The van der Waals surface area contributed by atoms with Crippen molar-refractivity contribution in [3.63, 3.8) is 0 Å². The Kier molecular flexibility index (Phi) is 6.48. The first-order valence-electron chi connectivity index (χ1n) is 9.25. The summed E-state index contributed by atoms with van der Waals surface area (Å²) in [5.74, 6) is -0.0192. The maximum atomic E-state index is 11.9. The molecule has 1 saturated heterocycles. The van der Waals surface area contributed by atoms with Gasteiger partial charge in [-0.25, -0.2) is 4.98 Å². The fourth-order valence-electron chi connectivity index (χ4n) is 3.20. The van der Waals surface area contributed by atoms with Crippen LogP contribution in [0.2, 0.25) is 5.02 Å². The molecule has 1 aromatic carbocycles. The topological polar surface area (TPSA) is 108 Å². The lowest BCUT2D eigenvalue weighted by molar-refractivity contribution is -0.385. The molecule has 2 heterocycles. The fraction of sp³-hybridized carbons (Fsp3) is 0.421. The number of aromatic nitrogens is 2. The number of carbonyl (C=O) groups is 1. The minimum absolute atomic E-state index is 0.144. The summed E-state index contributed by atoms with van der Waals surface area (Å²) in [5.41, 5.74) is 0.469. The molecule has 0 spiro atoms. The molecule has 0 radical (unpaired) electrons. The molecule has 1 fully saturated rings. The van der Waals surface area contributed by atoms with Gasteiger partial charge in [-0.15, -0.1) is 0 Å². The summed E-state index contributed by atoms with van der Waals surface area (Å²) in [7, 11) is 0. The lowest BCUT2D eigenvalue weighted by Gasteiger charge is -2.31. The van der Waals surface area contributed by atoms with Gasteiger partial charge in [0, 0.05) is 18.1 Å². The molecule has 1 aliphatic heterocycles. The Labute approximate surface area is 172 Å². The van der Waals surface area contributed by atoms with Crippen LogP contribution in [0.4, 0.5) is 11.5 Å². The number of nitrogens with zero attached hydrogens (tertiary/aromatic N) is 4. The minimum Gasteiger partial charge on any atom is -0.466 e. The fourth-order valence-corrected chi connectivity index (χ4v) is 3.32. The average Bonchev–Trinajstić information content (AvgIpc) is 2.71. The molecule has 29 heavy (non-hydrogen) atoms. The van der Waals surface area contributed by atoms with Crippen molar-refractivity contribution in [3.8, 4) is 11.6 Å². The number of aryl methyl sites for hydroxylation is 1. The van der Waals surface area contributed by atoms with Crippen molar-refractivity contribution in [1.82, 2.24) is 9.97 Å². The van der Waals surface area contributed by atoms with Crippen molar-refractivity contribution in [1.29, 1.82) is 0 Å². The Hall–Kier alpha value is -2.94. The molecule has 0 aliphatic carbocycles. The van der Waals surface area contributed by atoms with Crippen LogP contribution in [0.25, 0.3) is 0 Å². The monoisotopic (exact) mass is 420 g/mol. The molecule has 1 aliphatic rings. The third-order valence-corrected chi connectivity index (χ3v) is 5.13. The first-order valence-corrected chi connectivity index (χ1v) is 9.63. The molecule has 10 heteroatoms. The number of hydrogen-bond acceptors (Lipinski definition) is 8. The van der Waals surface area contributed by atoms with Crippen LogP contribution in [0.3, 0.4) is 0 Å². The van der Waals surface area contributed by atoms with Gasteiger partial charge in [0.1, 0.15) is 12.1 Å². The van der Waals surface area contributed by atoms with Gasteiger partial charge in [0.25, 0.3) is 0 Å². The number of carbonyl (C=O) groups excluding carboxylic acids is 1. The first-order chi connectivity index (χ1) is 13.9. The van der Waals surface area contributed by atoms with Crippen LogP contribution >= 0.6 is 11.6 Å². The highest BCUT2D eigenvalue weighted by Gasteiger charge is 2.33. The summed E-state index contributed by atoms with van der Waals surface area (Å²) in [6.45, 7) is 4.80. The zero-order valence-electron chi connectivity index (χ0n) is 16.1. The van der Waals surface area contributed by atoms with Gasteiger partial charge in [-0.2, -0.15) is 4.98 Å². The van der Waals surface area contributed by atoms with Crippen molar-refractivity contribution in [2.75, 3.05) is 24.6 Å². The number of piperidine rings is 1. The normalized spacial score (nSPS) is 14.5. The van der Waals surface area contributed by atoms with Crippen LogP contribution in [0.1, 0.15) is 25.3 Å². The smallest absolute Gasteiger partial charge is 0.373 e. The standard InChI is InChI=1S/C19H21ClN4O5/c1-3-28-19(25)13-6-8-23(9-7-13)17-16(24(26)27)18(22-11-21-17)29-14-4-5-15(20)12(2)10-14/h4-5,10-11,13H,3,6-9H2,1-2H3. The van der Waals surface area contributed by atoms with Gasteiger partial charge in [-0.05, 0) is 50.5 Å². The third-order valence-electron chi connectivity index (χ3n) is 4.71. The van der Waals surface area contributed by atoms with Crippen LogP contribution in [-0.2, 0) is 9.53 Å². The van der Waals surface area contributed by atoms with Crippen LogP contribution < -0.4 is 9.64 Å². The second-order valence-electron chi connectivity index (χ2n) is 6.63. The lowest BCUT2D eigenvalue weighted by atomic mass is 9.97. The molecule has 154 valence electrons. The number of halogens is 1. The van der Waals surface area contributed by atoms with E-state index < -0.39 is 4.92 Å². The van der Waals surface area contributed by atoms with E-state index in [1.54, 1.807) is 30.0 Å². The SMILES string of the molecule is CCOC(=O)C1CCN(c2ncnc(Oc3ccc(Cl)c(C)c3)c2[N+](=O)[O-])CC1. The molecule has 0 amide bonds. The number of benzene rings is 1. The van der Waals surface area contributed by atoms with Crippen molar-refractivity contribution in [2.45, 2.75) is 26.7 Å². The summed E-state index contributed by atoms with van der Waals surface area (Å²) < 4.78 is 10.7. The minimum atomic E-state index is -0.551. The Morgan fingerprint density at radius 2 is 2.07 bits per heavy atom. The third kappa shape index (κ3) is 4.73. The van der Waals surface area contributed by atoms with E-state index in [4.69, 9.17) is 21.1 Å². The molecule has 2 aromatic rings. The van der Waals surface area contributed by atoms with Gasteiger partial charge in [-0.3, -0.25) is 14.9 Å². The molecule has 9 nitrogen and oxygen atoms in total. The predicted molar refractivity (Wildman–Crippen MR) is 107 cm³/mol. The van der Waals surface area contributed by atoms with Gasteiger partial charge < -0.3 is 14.4 Å². The molecule has 1 aromatic heterocycles. The van der Waals surface area contributed by atoms with Gasteiger partial charge in [0.05, 0.1) is 17.4 Å². The van der Waals surface area contributed by atoms with E-state index in [9.17, 15) is 14.9 Å². The Bertz CT molecular complexity index is 915. The maximum absolute atomic E-state index is 11.9. The zero-order chi connectivity index (χ0) is 21.0. The number of ether oxygens (including phenoxy) is 2. The second-order valence-corrected chi connectivity index (χ2v) is 7.04. The second kappa shape index (κ2) is 9.04. The van der Waals surface area contributed by atoms with Gasteiger partial charge in [0.2, 0.25) is 5.82 Å². The molecule has 0 unspecified atom stereocenters. The molecule has 0 saturated carbocycles. The molecule has 3 rings (SSSR count). The van der Waals surface area contributed by atoms with Crippen molar-refractivity contribution < 1.29 is 19.2 Å². The Morgan fingerprint density at radius 3 is 2.69 bits per heavy atom. The van der Waals surface area contributed by atoms with E-state index in [1.165, 1.54) is 6.33 Å². The Balaban J connectivity index is 1.83. The van der Waals surface area contributed by atoms with E-state index in [0.717, 1.165) is 5.56 Å². The van der Waals surface area contributed by atoms with Gasteiger partial charge >= 0.3 is 17.5 Å². The average molecular weight is 421 g/mol. The van der Waals surface area contributed by atoms with Crippen LogP contribution in [0.15, 0.2) is 24.5 Å². The first kappa shape index (κ1) is 20.8. The van der Waals surface area contributed by atoms with Crippen molar-refractivity contribution in [2.24, 2.45) is 5.92 Å². The number of anilines is 1. The summed E-state index contributed by atoms with van der Waals surface area (Å²) in [6, 6.07) is 4.95. The number of rotatable bonds is 6. The highest BCUT2D eigenvalue weighted by atomic mass is 35.5. The molecule has 0 bridgehead atoms. The van der Waals surface area contributed by atoms with Gasteiger partial charge in [-0.1, -0.05) is 11.6 Å². The zero-order valence-corrected chi connectivity index (χ0v) is 16.9. The predicted octanol–water partition coefficient (Wildman–Crippen LogP) is 3.92. The van der Waals surface area contributed by atoms with Crippen molar-refractivity contribution >= 4 is 29.1 Å². The van der Waals surface area contributed by atoms with Gasteiger partial charge in [0.15, 0.2) is 0 Å². The number of hydrogen-bond donors (Lipinski definition) is 0. The quantitative estimate of drug-likeness (QED) is 0.393. The molecule has 0 atom stereocenters. The van der Waals surface area contributed by atoms with Crippen molar-refractivity contribution in [3.05, 3.63) is 45.2 Å². The van der Waals surface area contributed by atoms with E-state index in [1.807, 2.05) is 6.92 Å². The van der Waals surface area contributed by atoms with E-state index in [2.05, 4.69) is 9.97 Å². The van der Waals surface area contributed by atoms with Crippen LogP contribution in [0.5, 0.6) is 11.6 Å². The summed E-state index contributed by atoms with van der Waals surface area (Å²) in [5, 5.41) is 12.3. The number of nitro groups is 1. The molecular weight excluding hydrogens is 400 g/mol. The summed E-state index contributed by atoms with van der Waals surface area (Å²) in [4.78, 5) is 33.0. The van der Waals surface area contributed by atoms with Crippen LogP contribution in [-0.4, -0.2) is 40.6 Å². The molecular formula is C19H21ClN4O5. The maximum Gasteiger partial charge on any atom is 0.373 e. The summed E-state index contributed by atoms with van der Waals surface area (Å²) in [6.07, 6.45) is 2.30. The highest BCUT2D eigenvalue weighted by Crippen LogP contribution is 2.38. The van der Waals surface area contributed by atoms with E-state index in [0.29, 0.717) is 43.3 Å². The van der Waals surface area contributed by atoms with Crippen LogP contribution in [0, 0.1) is 23.0 Å². The number of esters is 1. The molecule has 0 N–H and O–H groups in total. The lowest BCUT2D eigenvalue weighted by Crippen LogP contribution is -2.37.